The van der Waals surface area contributed by atoms with Crippen LogP contribution in [0.1, 0.15) is 32.9 Å². The molecule has 1 heterocycles. The van der Waals surface area contributed by atoms with E-state index in [9.17, 15) is 4.79 Å². The molecule has 5 nitrogen and oxygen atoms in total. The van der Waals surface area contributed by atoms with Gasteiger partial charge in [-0.2, -0.15) is 10.4 Å². The van der Waals surface area contributed by atoms with Crippen molar-refractivity contribution in [1.29, 1.82) is 5.26 Å². The molecule has 96 valence electrons. The lowest BCUT2D eigenvalue weighted by Gasteiger charge is -2.05. The van der Waals surface area contributed by atoms with Gasteiger partial charge in [-0.1, -0.05) is 12.1 Å². The smallest absolute Gasteiger partial charge is 0.255 e. The Balaban J connectivity index is 2.03. The van der Waals surface area contributed by atoms with E-state index in [0.717, 1.165) is 11.3 Å². The van der Waals surface area contributed by atoms with Crippen LogP contribution < -0.4 is 5.32 Å². The van der Waals surface area contributed by atoms with Gasteiger partial charge in [-0.15, -0.1) is 0 Å². The number of nitriles is 1. The summed E-state index contributed by atoms with van der Waals surface area (Å²) in [7, 11) is 0. The number of rotatable bonds is 3. The summed E-state index contributed by atoms with van der Waals surface area (Å²) in [6.07, 6.45) is 0. The van der Waals surface area contributed by atoms with Crippen LogP contribution in [-0.2, 0) is 6.54 Å². The van der Waals surface area contributed by atoms with Gasteiger partial charge in [0.15, 0.2) is 0 Å². The lowest BCUT2D eigenvalue weighted by molar-refractivity contribution is 0.0950. The van der Waals surface area contributed by atoms with E-state index in [1.165, 1.54) is 0 Å². The highest BCUT2D eigenvalue weighted by molar-refractivity contribution is 5.96. The van der Waals surface area contributed by atoms with E-state index in [0.29, 0.717) is 23.4 Å². The zero-order valence-electron chi connectivity index (χ0n) is 10.8. The predicted octanol–water partition coefficient (Wildman–Crippen LogP) is 1.83. The largest absolute Gasteiger partial charge is 0.348 e. The van der Waals surface area contributed by atoms with Crippen molar-refractivity contribution in [2.75, 3.05) is 0 Å². The average Bonchev–Trinajstić information content (AvgIpc) is 2.76. The van der Waals surface area contributed by atoms with Gasteiger partial charge in [-0.05, 0) is 31.5 Å². The molecule has 2 N–H and O–H groups in total. The van der Waals surface area contributed by atoms with Crippen LogP contribution >= 0.6 is 0 Å². The second kappa shape index (κ2) is 5.36. The molecule has 0 radical (unpaired) electrons. The van der Waals surface area contributed by atoms with Crippen molar-refractivity contribution in [2.24, 2.45) is 0 Å². The highest BCUT2D eigenvalue weighted by Crippen LogP contribution is 2.09. The van der Waals surface area contributed by atoms with Gasteiger partial charge in [0.05, 0.1) is 22.9 Å². The number of benzene rings is 1. The molecule has 0 saturated heterocycles. The maximum absolute atomic E-state index is 12.0. The third-order valence-corrected chi connectivity index (χ3v) is 2.89. The third kappa shape index (κ3) is 2.80. The van der Waals surface area contributed by atoms with Crippen molar-refractivity contribution in [3.8, 4) is 6.07 Å². The minimum atomic E-state index is -0.145. The molecule has 1 aromatic carbocycles. The van der Waals surface area contributed by atoms with E-state index in [2.05, 4.69) is 21.6 Å². The Morgan fingerprint density at radius 1 is 1.37 bits per heavy atom. The summed E-state index contributed by atoms with van der Waals surface area (Å²) in [5.41, 5.74) is 3.60. The van der Waals surface area contributed by atoms with E-state index < -0.39 is 0 Å². The number of carbonyl (C=O) groups is 1. The van der Waals surface area contributed by atoms with Gasteiger partial charge < -0.3 is 5.32 Å². The molecule has 19 heavy (non-hydrogen) atoms. The lowest BCUT2D eigenvalue weighted by Crippen LogP contribution is -2.23. The molecule has 0 spiro atoms. The van der Waals surface area contributed by atoms with Crippen molar-refractivity contribution < 1.29 is 4.79 Å². The Morgan fingerprint density at radius 2 is 2.05 bits per heavy atom. The van der Waals surface area contributed by atoms with Crippen LogP contribution in [0.15, 0.2) is 24.3 Å². The molecule has 5 heteroatoms. The van der Waals surface area contributed by atoms with Crippen LogP contribution in [0.2, 0.25) is 0 Å². The third-order valence-electron chi connectivity index (χ3n) is 2.89. The summed E-state index contributed by atoms with van der Waals surface area (Å²) in [4.78, 5) is 12.0. The van der Waals surface area contributed by atoms with E-state index in [1.807, 2.05) is 19.1 Å². The fourth-order valence-corrected chi connectivity index (χ4v) is 1.85. The Bertz CT molecular complexity index is 615. The van der Waals surface area contributed by atoms with Crippen molar-refractivity contribution in [3.63, 3.8) is 0 Å². The highest BCUT2D eigenvalue weighted by Gasteiger charge is 2.14. The van der Waals surface area contributed by atoms with E-state index in [1.54, 1.807) is 19.1 Å². The number of carbonyl (C=O) groups excluding carboxylic acids is 1. The molecule has 1 amide bonds. The van der Waals surface area contributed by atoms with Crippen LogP contribution in [0.5, 0.6) is 0 Å². The Morgan fingerprint density at radius 3 is 2.58 bits per heavy atom. The second-order valence-electron chi connectivity index (χ2n) is 4.30. The van der Waals surface area contributed by atoms with Gasteiger partial charge in [0.2, 0.25) is 0 Å². The molecule has 2 aromatic rings. The molecular weight excluding hydrogens is 240 g/mol. The number of nitrogens with one attached hydrogen (secondary N) is 2. The molecule has 2 rings (SSSR count). The van der Waals surface area contributed by atoms with Gasteiger partial charge in [0.1, 0.15) is 0 Å². The molecule has 1 aromatic heterocycles. The number of aromatic amines is 1. The topological polar surface area (TPSA) is 81.6 Å². The summed E-state index contributed by atoms with van der Waals surface area (Å²) in [5.74, 6) is -0.145. The minimum Gasteiger partial charge on any atom is -0.348 e. The zero-order valence-corrected chi connectivity index (χ0v) is 10.8. The fourth-order valence-electron chi connectivity index (χ4n) is 1.85. The molecule has 0 aliphatic heterocycles. The molecule has 0 bridgehead atoms. The molecule has 0 aliphatic carbocycles. The summed E-state index contributed by atoms with van der Waals surface area (Å²) in [6.45, 7) is 4.03. The Hall–Kier alpha value is -2.61. The van der Waals surface area contributed by atoms with Gasteiger partial charge in [0, 0.05) is 12.2 Å². The maximum Gasteiger partial charge on any atom is 0.255 e. The number of hydrogen-bond donors (Lipinski definition) is 2. The van der Waals surface area contributed by atoms with Gasteiger partial charge in [-0.3, -0.25) is 9.89 Å². The summed E-state index contributed by atoms with van der Waals surface area (Å²) < 4.78 is 0. The quantitative estimate of drug-likeness (QED) is 0.876. The lowest BCUT2D eigenvalue weighted by atomic mass is 10.1. The first-order chi connectivity index (χ1) is 9.11. The second-order valence-corrected chi connectivity index (χ2v) is 4.30. The van der Waals surface area contributed by atoms with Gasteiger partial charge in [-0.25, -0.2) is 0 Å². The monoisotopic (exact) mass is 254 g/mol. The summed E-state index contributed by atoms with van der Waals surface area (Å²) in [5, 5.41) is 18.3. The summed E-state index contributed by atoms with van der Waals surface area (Å²) >= 11 is 0. The number of hydrogen-bond acceptors (Lipinski definition) is 3. The normalized spacial score (nSPS) is 9.95. The zero-order chi connectivity index (χ0) is 13.8. The first kappa shape index (κ1) is 12.8. The standard InChI is InChI=1S/C14H14N4O/c1-9-13(10(2)18-17-9)14(19)16-8-12-5-3-11(7-15)4-6-12/h3-6H,8H2,1-2H3,(H,16,19)(H,17,18). The number of aryl methyl sites for hydroxylation is 2. The van der Waals surface area contributed by atoms with Gasteiger partial charge >= 0.3 is 0 Å². The predicted molar refractivity (Wildman–Crippen MR) is 70.4 cm³/mol. The van der Waals surface area contributed by atoms with Crippen molar-refractivity contribution >= 4 is 5.91 Å². The fraction of sp³-hybridized carbons (Fsp3) is 0.214. The molecule has 0 atom stereocenters. The molecule has 0 unspecified atom stereocenters. The number of H-pyrrole nitrogens is 1. The van der Waals surface area contributed by atoms with Crippen molar-refractivity contribution in [2.45, 2.75) is 20.4 Å². The molecule has 0 fully saturated rings. The van der Waals surface area contributed by atoms with Crippen molar-refractivity contribution in [3.05, 3.63) is 52.3 Å². The van der Waals surface area contributed by atoms with Crippen molar-refractivity contribution in [1.82, 2.24) is 15.5 Å². The average molecular weight is 254 g/mol. The molecule has 0 aliphatic rings. The molecule has 0 saturated carbocycles. The van der Waals surface area contributed by atoms with E-state index >= 15 is 0 Å². The van der Waals surface area contributed by atoms with Crippen LogP contribution in [0.25, 0.3) is 0 Å². The highest BCUT2D eigenvalue weighted by atomic mass is 16.1. The maximum atomic E-state index is 12.0. The number of nitrogens with zero attached hydrogens (tertiary/aromatic N) is 2. The summed E-state index contributed by atoms with van der Waals surface area (Å²) in [6, 6.07) is 9.18. The molecular formula is C14H14N4O. The van der Waals surface area contributed by atoms with Crippen LogP contribution in [-0.4, -0.2) is 16.1 Å². The van der Waals surface area contributed by atoms with Crippen LogP contribution in [0, 0.1) is 25.2 Å². The van der Waals surface area contributed by atoms with E-state index in [4.69, 9.17) is 5.26 Å². The first-order valence-corrected chi connectivity index (χ1v) is 5.90. The Labute approximate surface area is 111 Å². The SMILES string of the molecule is Cc1n[nH]c(C)c1C(=O)NCc1ccc(C#N)cc1. The minimum absolute atomic E-state index is 0.145. The Kier molecular flexibility index (Phi) is 3.62. The van der Waals surface area contributed by atoms with Crippen LogP contribution in [0.4, 0.5) is 0 Å². The number of amides is 1. The number of aromatic nitrogens is 2. The van der Waals surface area contributed by atoms with E-state index in [-0.39, 0.29) is 5.91 Å². The first-order valence-electron chi connectivity index (χ1n) is 5.90. The van der Waals surface area contributed by atoms with Gasteiger partial charge in [0.25, 0.3) is 5.91 Å². The van der Waals surface area contributed by atoms with Crippen LogP contribution in [0.3, 0.4) is 0 Å².